The number of halogens is 1. The number of benzene rings is 2. The van der Waals surface area contributed by atoms with E-state index in [2.05, 4.69) is 27.9 Å². The minimum absolute atomic E-state index is 0.207. The van der Waals surface area contributed by atoms with Gasteiger partial charge in [0.25, 0.3) is 5.91 Å². The van der Waals surface area contributed by atoms with Gasteiger partial charge in [0.1, 0.15) is 6.10 Å². The SMILES string of the molecule is C[C@@H]1Oc2ccccc2O[C@@H]1C(=O)Nc1ccccc1I. The number of para-hydroxylation sites is 3. The van der Waals surface area contributed by atoms with E-state index < -0.39 is 6.10 Å². The highest BCUT2D eigenvalue weighted by atomic mass is 127. The minimum atomic E-state index is -0.670. The summed E-state index contributed by atoms with van der Waals surface area (Å²) in [6.45, 7) is 1.83. The molecule has 0 aromatic heterocycles. The average molecular weight is 395 g/mol. The molecule has 21 heavy (non-hydrogen) atoms. The summed E-state index contributed by atoms with van der Waals surface area (Å²) in [5.41, 5.74) is 0.776. The van der Waals surface area contributed by atoms with E-state index in [0.29, 0.717) is 11.5 Å². The van der Waals surface area contributed by atoms with E-state index in [0.717, 1.165) is 9.26 Å². The fraction of sp³-hybridized carbons (Fsp3) is 0.188. The molecule has 0 saturated carbocycles. The van der Waals surface area contributed by atoms with Crippen molar-refractivity contribution < 1.29 is 14.3 Å². The van der Waals surface area contributed by atoms with E-state index >= 15 is 0 Å². The van der Waals surface area contributed by atoms with Crippen LogP contribution in [0.15, 0.2) is 48.5 Å². The molecule has 4 nitrogen and oxygen atoms in total. The summed E-state index contributed by atoms with van der Waals surface area (Å²) < 4.78 is 12.5. The van der Waals surface area contributed by atoms with Crippen molar-refractivity contribution in [2.75, 3.05) is 5.32 Å². The smallest absolute Gasteiger partial charge is 0.269 e. The number of hydrogen-bond donors (Lipinski definition) is 1. The number of fused-ring (bicyclic) bond motifs is 1. The third kappa shape index (κ3) is 2.97. The Labute approximate surface area is 136 Å². The number of nitrogens with one attached hydrogen (secondary N) is 1. The Kier molecular flexibility index (Phi) is 4.01. The van der Waals surface area contributed by atoms with Gasteiger partial charge in [0.2, 0.25) is 6.10 Å². The molecule has 2 aromatic rings. The highest BCUT2D eigenvalue weighted by molar-refractivity contribution is 14.1. The van der Waals surface area contributed by atoms with Crippen molar-refractivity contribution in [2.45, 2.75) is 19.1 Å². The molecule has 1 aliphatic rings. The van der Waals surface area contributed by atoms with Crippen LogP contribution in [0.5, 0.6) is 11.5 Å². The molecule has 1 amide bonds. The molecule has 2 aromatic carbocycles. The van der Waals surface area contributed by atoms with Gasteiger partial charge in [-0.25, -0.2) is 0 Å². The summed E-state index contributed by atoms with van der Waals surface area (Å²) in [7, 11) is 0. The summed E-state index contributed by atoms with van der Waals surface area (Å²) in [6, 6.07) is 15.0. The number of carbonyl (C=O) groups excluding carboxylic acids is 1. The average Bonchev–Trinajstić information content (AvgIpc) is 2.49. The van der Waals surface area contributed by atoms with Crippen LogP contribution in [-0.2, 0) is 4.79 Å². The third-order valence-corrected chi connectivity index (χ3v) is 4.17. The first kappa shape index (κ1) is 14.2. The Morgan fingerprint density at radius 2 is 1.67 bits per heavy atom. The Morgan fingerprint density at radius 3 is 2.38 bits per heavy atom. The molecule has 3 rings (SSSR count). The van der Waals surface area contributed by atoms with Crippen molar-refractivity contribution in [2.24, 2.45) is 0 Å². The molecule has 108 valence electrons. The lowest BCUT2D eigenvalue weighted by molar-refractivity contribution is -0.128. The van der Waals surface area contributed by atoms with Gasteiger partial charge in [0.15, 0.2) is 11.5 Å². The van der Waals surface area contributed by atoms with Gasteiger partial charge in [0.05, 0.1) is 5.69 Å². The zero-order chi connectivity index (χ0) is 14.8. The fourth-order valence-electron chi connectivity index (χ4n) is 2.17. The van der Waals surface area contributed by atoms with Gasteiger partial charge < -0.3 is 14.8 Å². The van der Waals surface area contributed by atoms with Gasteiger partial charge >= 0.3 is 0 Å². The molecule has 2 atom stereocenters. The van der Waals surface area contributed by atoms with Crippen molar-refractivity contribution in [3.63, 3.8) is 0 Å². The zero-order valence-electron chi connectivity index (χ0n) is 11.4. The van der Waals surface area contributed by atoms with E-state index in [9.17, 15) is 4.79 Å². The predicted octanol–water partition coefficient (Wildman–Crippen LogP) is 3.46. The topological polar surface area (TPSA) is 47.6 Å². The number of amides is 1. The molecule has 0 fully saturated rings. The monoisotopic (exact) mass is 395 g/mol. The molecule has 1 N–H and O–H groups in total. The van der Waals surface area contributed by atoms with Crippen LogP contribution >= 0.6 is 22.6 Å². The summed E-state index contributed by atoms with van der Waals surface area (Å²) in [4.78, 5) is 12.4. The van der Waals surface area contributed by atoms with Crippen LogP contribution in [0.2, 0.25) is 0 Å². The van der Waals surface area contributed by atoms with Crippen LogP contribution in [0.4, 0.5) is 5.69 Å². The standard InChI is InChI=1S/C16H14INO3/c1-10-15(21-14-9-5-4-8-13(14)20-10)16(19)18-12-7-3-2-6-11(12)17/h2-10,15H,1H3,(H,18,19)/t10-,15-/m0/s1. The van der Waals surface area contributed by atoms with Crippen molar-refractivity contribution >= 4 is 34.2 Å². The second kappa shape index (κ2) is 5.93. The minimum Gasteiger partial charge on any atom is -0.482 e. The van der Waals surface area contributed by atoms with Crippen LogP contribution in [-0.4, -0.2) is 18.1 Å². The van der Waals surface area contributed by atoms with Gasteiger partial charge in [-0.15, -0.1) is 0 Å². The van der Waals surface area contributed by atoms with E-state index in [1.54, 1.807) is 6.07 Å². The lowest BCUT2D eigenvalue weighted by atomic mass is 10.1. The molecule has 0 spiro atoms. The Hall–Kier alpha value is -1.76. The Morgan fingerprint density at radius 1 is 1.05 bits per heavy atom. The van der Waals surface area contributed by atoms with Crippen LogP contribution in [0.1, 0.15) is 6.92 Å². The molecule has 1 heterocycles. The second-order valence-corrected chi connectivity index (χ2v) is 5.94. The van der Waals surface area contributed by atoms with Gasteiger partial charge in [-0.3, -0.25) is 4.79 Å². The molecule has 5 heteroatoms. The molecule has 0 saturated heterocycles. The Bertz CT molecular complexity index is 674. The summed E-state index contributed by atoms with van der Waals surface area (Å²) in [5, 5.41) is 2.89. The maximum absolute atomic E-state index is 12.4. The number of hydrogen-bond acceptors (Lipinski definition) is 3. The van der Waals surface area contributed by atoms with Crippen LogP contribution in [0.25, 0.3) is 0 Å². The first-order chi connectivity index (χ1) is 10.1. The maximum Gasteiger partial charge on any atom is 0.269 e. The zero-order valence-corrected chi connectivity index (χ0v) is 13.5. The lowest BCUT2D eigenvalue weighted by Crippen LogP contribution is -2.46. The van der Waals surface area contributed by atoms with E-state index in [1.165, 1.54) is 0 Å². The largest absolute Gasteiger partial charge is 0.482 e. The quantitative estimate of drug-likeness (QED) is 0.793. The highest BCUT2D eigenvalue weighted by Crippen LogP contribution is 2.33. The number of rotatable bonds is 2. The van der Waals surface area contributed by atoms with E-state index in [1.807, 2.05) is 49.4 Å². The van der Waals surface area contributed by atoms with Crippen molar-refractivity contribution in [1.82, 2.24) is 0 Å². The third-order valence-electron chi connectivity index (χ3n) is 3.23. The summed E-state index contributed by atoms with van der Waals surface area (Å²) in [5.74, 6) is 1.06. The van der Waals surface area contributed by atoms with Gasteiger partial charge in [0, 0.05) is 3.57 Å². The second-order valence-electron chi connectivity index (χ2n) is 4.78. The van der Waals surface area contributed by atoms with E-state index in [-0.39, 0.29) is 12.0 Å². The van der Waals surface area contributed by atoms with E-state index in [4.69, 9.17) is 9.47 Å². The highest BCUT2D eigenvalue weighted by Gasteiger charge is 2.34. The lowest BCUT2D eigenvalue weighted by Gasteiger charge is -2.31. The van der Waals surface area contributed by atoms with Crippen LogP contribution < -0.4 is 14.8 Å². The molecule has 0 bridgehead atoms. The number of carbonyl (C=O) groups is 1. The molecule has 1 aliphatic heterocycles. The van der Waals surface area contributed by atoms with Gasteiger partial charge in [-0.05, 0) is 53.8 Å². The number of anilines is 1. The molecule has 0 unspecified atom stereocenters. The molecule has 0 radical (unpaired) electrons. The van der Waals surface area contributed by atoms with Gasteiger partial charge in [-0.1, -0.05) is 24.3 Å². The van der Waals surface area contributed by atoms with Crippen LogP contribution in [0.3, 0.4) is 0 Å². The van der Waals surface area contributed by atoms with Crippen molar-refractivity contribution in [3.8, 4) is 11.5 Å². The summed E-state index contributed by atoms with van der Waals surface area (Å²) >= 11 is 2.18. The first-order valence-corrected chi connectivity index (χ1v) is 7.71. The van der Waals surface area contributed by atoms with Crippen molar-refractivity contribution in [3.05, 3.63) is 52.1 Å². The molecule has 0 aliphatic carbocycles. The fourth-order valence-corrected chi connectivity index (χ4v) is 2.69. The summed E-state index contributed by atoms with van der Waals surface area (Å²) in [6.07, 6.45) is -1.02. The van der Waals surface area contributed by atoms with Crippen molar-refractivity contribution in [1.29, 1.82) is 0 Å². The normalized spacial score (nSPS) is 19.9. The Balaban J connectivity index is 1.78. The van der Waals surface area contributed by atoms with Gasteiger partial charge in [-0.2, -0.15) is 0 Å². The molecular formula is C16H14INO3. The maximum atomic E-state index is 12.4. The van der Waals surface area contributed by atoms with Crippen LogP contribution in [0, 0.1) is 3.57 Å². The molecular weight excluding hydrogens is 381 g/mol. The first-order valence-electron chi connectivity index (χ1n) is 6.63. The number of ether oxygens (including phenoxy) is 2. The predicted molar refractivity (Wildman–Crippen MR) is 88.7 cm³/mol.